The van der Waals surface area contributed by atoms with Gasteiger partial charge in [-0.1, -0.05) is 19.1 Å². The molecule has 0 heterocycles. The highest BCUT2D eigenvalue weighted by Gasteiger charge is 2.27. The summed E-state index contributed by atoms with van der Waals surface area (Å²) in [6.45, 7) is 4.40. The van der Waals surface area contributed by atoms with Crippen molar-refractivity contribution in [2.75, 3.05) is 6.54 Å². The molecule has 1 rings (SSSR count). The fraction of sp³-hybridized carbons (Fsp3) is 0.600. The Kier molecular flexibility index (Phi) is 6.46. The molecule has 0 aliphatic heterocycles. The first-order chi connectivity index (χ1) is 9.33. The maximum Gasteiger partial charge on any atom is 0.389 e. The van der Waals surface area contributed by atoms with Crippen LogP contribution in [0.1, 0.15) is 49.8 Å². The van der Waals surface area contributed by atoms with Crippen molar-refractivity contribution in [1.29, 1.82) is 0 Å². The summed E-state index contributed by atoms with van der Waals surface area (Å²) in [4.78, 5) is 0. The molecule has 0 saturated heterocycles. The molecule has 1 atom stereocenters. The summed E-state index contributed by atoms with van der Waals surface area (Å²) in [7, 11) is 0. The lowest BCUT2D eigenvalue weighted by atomic mass is 9.99. The first-order valence-corrected chi connectivity index (χ1v) is 6.89. The molecule has 1 aromatic carbocycles. The molecule has 5 heteroatoms. The van der Waals surface area contributed by atoms with Crippen LogP contribution in [0.5, 0.6) is 0 Å². The third-order valence-electron chi connectivity index (χ3n) is 3.13. The topological polar surface area (TPSA) is 12.0 Å². The molecule has 1 N–H and O–H groups in total. The van der Waals surface area contributed by atoms with Gasteiger partial charge in [-0.3, -0.25) is 0 Å². The molecule has 0 saturated carbocycles. The van der Waals surface area contributed by atoms with Gasteiger partial charge in [0.05, 0.1) is 0 Å². The van der Waals surface area contributed by atoms with Crippen LogP contribution in [0.25, 0.3) is 0 Å². The van der Waals surface area contributed by atoms with E-state index in [9.17, 15) is 17.6 Å². The zero-order chi connectivity index (χ0) is 15.2. The third kappa shape index (κ3) is 5.90. The molecule has 0 spiro atoms. The van der Waals surface area contributed by atoms with Crippen LogP contribution in [-0.4, -0.2) is 12.7 Å². The van der Waals surface area contributed by atoms with Crippen LogP contribution < -0.4 is 5.32 Å². The molecule has 0 bridgehead atoms. The number of nitrogens with one attached hydrogen (secondary N) is 1. The van der Waals surface area contributed by atoms with Crippen molar-refractivity contribution < 1.29 is 17.6 Å². The van der Waals surface area contributed by atoms with Gasteiger partial charge in [0.1, 0.15) is 5.82 Å². The largest absolute Gasteiger partial charge is 0.389 e. The van der Waals surface area contributed by atoms with Gasteiger partial charge in [-0.25, -0.2) is 4.39 Å². The van der Waals surface area contributed by atoms with Crippen LogP contribution in [0, 0.1) is 12.7 Å². The van der Waals surface area contributed by atoms with Gasteiger partial charge in [0.15, 0.2) is 0 Å². The second kappa shape index (κ2) is 7.62. The van der Waals surface area contributed by atoms with Gasteiger partial charge in [0, 0.05) is 18.0 Å². The molecule has 0 amide bonds. The van der Waals surface area contributed by atoms with E-state index in [-0.39, 0.29) is 24.7 Å². The zero-order valence-electron chi connectivity index (χ0n) is 11.9. The molecule has 20 heavy (non-hydrogen) atoms. The van der Waals surface area contributed by atoms with E-state index in [1.54, 1.807) is 19.1 Å². The highest BCUT2D eigenvalue weighted by molar-refractivity contribution is 5.26. The highest BCUT2D eigenvalue weighted by atomic mass is 19.4. The quantitative estimate of drug-likeness (QED) is 0.704. The van der Waals surface area contributed by atoms with Gasteiger partial charge in [0.2, 0.25) is 0 Å². The molecule has 1 unspecified atom stereocenters. The summed E-state index contributed by atoms with van der Waals surface area (Å²) in [6, 6.07) is 4.49. The van der Waals surface area contributed by atoms with Crippen molar-refractivity contribution in [2.45, 2.75) is 51.7 Å². The smallest absolute Gasteiger partial charge is 0.310 e. The highest BCUT2D eigenvalue weighted by Crippen LogP contribution is 2.27. The Hall–Kier alpha value is -1.10. The zero-order valence-corrected chi connectivity index (χ0v) is 11.9. The summed E-state index contributed by atoms with van der Waals surface area (Å²) in [5.41, 5.74) is 1.25. The van der Waals surface area contributed by atoms with E-state index in [0.717, 1.165) is 12.0 Å². The first kappa shape index (κ1) is 17.0. The van der Waals surface area contributed by atoms with Crippen molar-refractivity contribution in [3.8, 4) is 0 Å². The fourth-order valence-electron chi connectivity index (χ4n) is 2.11. The average Bonchev–Trinajstić information content (AvgIpc) is 2.33. The van der Waals surface area contributed by atoms with Crippen LogP contribution in [0.4, 0.5) is 17.6 Å². The van der Waals surface area contributed by atoms with Gasteiger partial charge in [-0.05, 0) is 44.4 Å². The number of benzene rings is 1. The summed E-state index contributed by atoms with van der Waals surface area (Å²) in [5, 5.41) is 3.12. The van der Waals surface area contributed by atoms with Gasteiger partial charge >= 0.3 is 6.18 Å². The summed E-state index contributed by atoms with van der Waals surface area (Å²) in [5.74, 6) is -0.356. The lowest BCUT2D eigenvalue weighted by Crippen LogP contribution is -2.23. The van der Waals surface area contributed by atoms with Crippen molar-refractivity contribution in [1.82, 2.24) is 5.32 Å². The third-order valence-corrected chi connectivity index (χ3v) is 3.13. The van der Waals surface area contributed by atoms with Gasteiger partial charge in [-0.2, -0.15) is 13.2 Å². The second-order valence-corrected chi connectivity index (χ2v) is 5.04. The maximum atomic E-state index is 13.9. The normalized spacial score (nSPS) is 13.5. The number of halogens is 4. The Bertz CT molecular complexity index is 415. The Labute approximate surface area is 117 Å². The number of hydrogen-bond acceptors (Lipinski definition) is 1. The second-order valence-electron chi connectivity index (χ2n) is 5.04. The van der Waals surface area contributed by atoms with Gasteiger partial charge < -0.3 is 5.32 Å². The Balaban J connectivity index is 2.72. The fourth-order valence-corrected chi connectivity index (χ4v) is 2.11. The van der Waals surface area contributed by atoms with E-state index in [2.05, 4.69) is 5.32 Å². The van der Waals surface area contributed by atoms with Crippen LogP contribution in [0.2, 0.25) is 0 Å². The van der Waals surface area contributed by atoms with E-state index < -0.39 is 12.6 Å². The van der Waals surface area contributed by atoms with Crippen molar-refractivity contribution in [2.24, 2.45) is 0 Å². The number of alkyl halides is 3. The summed E-state index contributed by atoms with van der Waals surface area (Å²) < 4.78 is 50.5. The molecule has 114 valence electrons. The predicted molar refractivity (Wildman–Crippen MR) is 72.1 cm³/mol. The standard InChI is InChI=1S/C15H21F4N/c1-3-9-20-14(5-4-8-15(17,18)19)12-7-6-11(2)10-13(12)16/h6-7,10,14,20H,3-5,8-9H2,1-2H3. The maximum absolute atomic E-state index is 13.9. The van der Waals surface area contributed by atoms with Gasteiger partial charge in [0.25, 0.3) is 0 Å². The molecular weight excluding hydrogens is 270 g/mol. The molecule has 0 aliphatic rings. The number of rotatable bonds is 7. The SMILES string of the molecule is CCCNC(CCCC(F)(F)F)c1ccc(C)cc1F. The lowest BCUT2D eigenvalue weighted by molar-refractivity contribution is -0.135. The van der Waals surface area contributed by atoms with Crippen molar-refractivity contribution in [3.05, 3.63) is 35.1 Å². The van der Waals surface area contributed by atoms with E-state index in [0.29, 0.717) is 12.1 Å². The summed E-state index contributed by atoms with van der Waals surface area (Å²) >= 11 is 0. The van der Waals surface area contributed by atoms with Crippen LogP contribution in [0.3, 0.4) is 0 Å². The van der Waals surface area contributed by atoms with Crippen LogP contribution >= 0.6 is 0 Å². The van der Waals surface area contributed by atoms with Crippen LogP contribution in [0.15, 0.2) is 18.2 Å². The average molecular weight is 291 g/mol. The molecule has 1 nitrogen and oxygen atoms in total. The molecule has 0 fully saturated rings. The van der Waals surface area contributed by atoms with E-state index >= 15 is 0 Å². The van der Waals surface area contributed by atoms with Crippen LogP contribution in [-0.2, 0) is 0 Å². The minimum absolute atomic E-state index is 0.00179. The summed E-state index contributed by atoms with van der Waals surface area (Å²) in [6.07, 6.45) is -3.85. The minimum atomic E-state index is -4.15. The van der Waals surface area contributed by atoms with E-state index in [1.165, 1.54) is 6.07 Å². The number of aryl methyl sites for hydroxylation is 1. The predicted octanol–water partition coefficient (Wildman–Crippen LogP) is 4.91. The monoisotopic (exact) mass is 291 g/mol. The Morgan fingerprint density at radius 2 is 1.95 bits per heavy atom. The van der Waals surface area contributed by atoms with Gasteiger partial charge in [-0.15, -0.1) is 0 Å². The molecule has 1 aromatic rings. The molecule has 0 radical (unpaired) electrons. The Morgan fingerprint density at radius 3 is 2.50 bits per heavy atom. The minimum Gasteiger partial charge on any atom is -0.310 e. The Morgan fingerprint density at radius 1 is 1.25 bits per heavy atom. The van der Waals surface area contributed by atoms with E-state index in [4.69, 9.17) is 0 Å². The van der Waals surface area contributed by atoms with Crippen molar-refractivity contribution in [3.63, 3.8) is 0 Å². The number of hydrogen-bond donors (Lipinski definition) is 1. The molecule has 0 aliphatic carbocycles. The first-order valence-electron chi connectivity index (χ1n) is 6.89. The molecule has 0 aromatic heterocycles. The van der Waals surface area contributed by atoms with Crippen molar-refractivity contribution >= 4 is 0 Å². The van der Waals surface area contributed by atoms with E-state index in [1.807, 2.05) is 6.92 Å². The lowest BCUT2D eigenvalue weighted by Gasteiger charge is -2.20. The molecular formula is C15H21F4N.